The van der Waals surface area contributed by atoms with E-state index >= 15 is 0 Å². The van der Waals surface area contributed by atoms with Crippen LogP contribution in [-0.2, 0) is 6.42 Å². The highest BCUT2D eigenvalue weighted by atomic mass is 16.5. The van der Waals surface area contributed by atoms with Gasteiger partial charge in [0.25, 0.3) is 0 Å². The number of methoxy groups -OCH3 is 1. The lowest BCUT2D eigenvalue weighted by Crippen LogP contribution is -2.25. The van der Waals surface area contributed by atoms with E-state index in [0.717, 1.165) is 56.3 Å². The zero-order chi connectivity index (χ0) is 17.1. The number of benzene rings is 1. The number of nitrogens with zero attached hydrogens (tertiary/aromatic N) is 3. The standard InChI is InChI=1S/C20H25N3O2/c1-24-18-8-4-9-19-20(18)17-13-23(12-15(17)14-25-19)11-3-2-6-16-7-5-10-21-22-16/h4-5,7-10,15,17H,2-3,6,11-14H2,1H3/t15-,17-/m1/s1. The van der Waals surface area contributed by atoms with Gasteiger partial charge in [-0.15, -0.1) is 0 Å². The van der Waals surface area contributed by atoms with E-state index in [0.29, 0.717) is 11.8 Å². The molecule has 2 atom stereocenters. The molecule has 1 aromatic heterocycles. The highest BCUT2D eigenvalue weighted by Crippen LogP contribution is 2.45. The summed E-state index contributed by atoms with van der Waals surface area (Å²) in [4.78, 5) is 2.58. The van der Waals surface area contributed by atoms with E-state index in [1.807, 2.05) is 18.2 Å². The van der Waals surface area contributed by atoms with Crippen LogP contribution < -0.4 is 9.47 Å². The number of aryl methyl sites for hydroxylation is 1. The van der Waals surface area contributed by atoms with E-state index in [9.17, 15) is 0 Å². The van der Waals surface area contributed by atoms with Gasteiger partial charge in [0.1, 0.15) is 11.5 Å². The van der Waals surface area contributed by atoms with Crippen LogP contribution in [0.4, 0.5) is 0 Å². The van der Waals surface area contributed by atoms with E-state index < -0.39 is 0 Å². The quantitative estimate of drug-likeness (QED) is 0.757. The molecular formula is C20H25N3O2. The van der Waals surface area contributed by atoms with Crippen molar-refractivity contribution in [2.45, 2.75) is 25.2 Å². The van der Waals surface area contributed by atoms with E-state index in [1.165, 1.54) is 12.0 Å². The lowest BCUT2D eigenvalue weighted by atomic mass is 9.86. The molecule has 0 unspecified atom stereocenters. The predicted octanol–water partition coefficient (Wildman–Crippen LogP) is 2.92. The molecule has 2 aliphatic heterocycles. The van der Waals surface area contributed by atoms with Gasteiger partial charge in [-0.25, -0.2) is 0 Å². The summed E-state index contributed by atoms with van der Waals surface area (Å²) in [6, 6.07) is 10.1. The molecule has 25 heavy (non-hydrogen) atoms. The topological polar surface area (TPSA) is 47.5 Å². The van der Waals surface area contributed by atoms with Crippen LogP contribution in [0.2, 0.25) is 0 Å². The third-order valence-electron chi connectivity index (χ3n) is 5.37. The maximum absolute atomic E-state index is 5.99. The predicted molar refractivity (Wildman–Crippen MR) is 96.1 cm³/mol. The molecule has 5 nitrogen and oxygen atoms in total. The summed E-state index contributed by atoms with van der Waals surface area (Å²) < 4.78 is 11.6. The Kier molecular flexibility index (Phi) is 4.83. The van der Waals surface area contributed by atoms with Gasteiger partial charge in [-0.3, -0.25) is 0 Å². The highest BCUT2D eigenvalue weighted by Gasteiger charge is 2.40. The molecule has 0 bridgehead atoms. The molecule has 0 amide bonds. The molecule has 0 saturated carbocycles. The molecule has 0 N–H and O–H groups in total. The van der Waals surface area contributed by atoms with Crippen molar-refractivity contribution in [3.05, 3.63) is 47.8 Å². The average Bonchev–Trinajstić information content (AvgIpc) is 3.08. The van der Waals surface area contributed by atoms with Crippen LogP contribution in [0.15, 0.2) is 36.5 Å². The molecule has 0 radical (unpaired) electrons. The summed E-state index contributed by atoms with van der Waals surface area (Å²) in [6.45, 7) is 4.18. The second-order valence-corrected chi connectivity index (χ2v) is 6.98. The third kappa shape index (κ3) is 3.47. The monoisotopic (exact) mass is 339 g/mol. The molecule has 1 aromatic carbocycles. The van der Waals surface area contributed by atoms with Crippen molar-refractivity contribution >= 4 is 0 Å². The van der Waals surface area contributed by atoms with Gasteiger partial charge in [-0.1, -0.05) is 6.07 Å². The Bertz CT molecular complexity index is 693. The Morgan fingerprint density at radius 3 is 3.00 bits per heavy atom. The van der Waals surface area contributed by atoms with Gasteiger partial charge >= 0.3 is 0 Å². The summed E-state index contributed by atoms with van der Waals surface area (Å²) >= 11 is 0. The number of fused-ring (bicyclic) bond motifs is 3. The third-order valence-corrected chi connectivity index (χ3v) is 5.37. The first-order valence-electron chi connectivity index (χ1n) is 9.14. The average molecular weight is 339 g/mol. The molecule has 5 heteroatoms. The number of hydrogen-bond donors (Lipinski definition) is 0. The maximum atomic E-state index is 5.99. The summed E-state index contributed by atoms with van der Waals surface area (Å²) in [6.07, 6.45) is 5.08. The van der Waals surface area contributed by atoms with Crippen molar-refractivity contribution in [2.24, 2.45) is 5.92 Å². The lowest BCUT2D eigenvalue weighted by molar-refractivity contribution is 0.209. The summed E-state index contributed by atoms with van der Waals surface area (Å²) in [5.74, 6) is 3.07. The highest BCUT2D eigenvalue weighted by molar-refractivity contribution is 5.49. The van der Waals surface area contributed by atoms with Crippen molar-refractivity contribution in [1.82, 2.24) is 15.1 Å². The second-order valence-electron chi connectivity index (χ2n) is 6.98. The van der Waals surface area contributed by atoms with E-state index in [-0.39, 0.29) is 0 Å². The number of rotatable bonds is 6. The molecule has 132 valence electrons. The molecule has 3 heterocycles. The van der Waals surface area contributed by atoms with E-state index in [4.69, 9.17) is 9.47 Å². The van der Waals surface area contributed by atoms with Crippen LogP contribution in [-0.4, -0.2) is 48.4 Å². The number of likely N-dealkylation sites (tertiary alicyclic amines) is 1. The van der Waals surface area contributed by atoms with Crippen LogP contribution >= 0.6 is 0 Å². The van der Waals surface area contributed by atoms with Gasteiger partial charge < -0.3 is 14.4 Å². The number of aromatic nitrogens is 2. The van der Waals surface area contributed by atoms with Gasteiger partial charge in [0.15, 0.2) is 0 Å². The Hall–Kier alpha value is -2.14. The Morgan fingerprint density at radius 2 is 2.16 bits per heavy atom. The first-order valence-corrected chi connectivity index (χ1v) is 9.14. The maximum Gasteiger partial charge on any atom is 0.126 e. The normalized spacial score (nSPS) is 22.1. The summed E-state index contributed by atoms with van der Waals surface area (Å²) in [5.41, 5.74) is 2.35. The van der Waals surface area contributed by atoms with Gasteiger partial charge in [0.2, 0.25) is 0 Å². The van der Waals surface area contributed by atoms with Crippen LogP contribution in [0.25, 0.3) is 0 Å². The molecule has 1 saturated heterocycles. The minimum atomic E-state index is 0.528. The summed E-state index contributed by atoms with van der Waals surface area (Å²) in [7, 11) is 1.75. The Morgan fingerprint density at radius 1 is 1.20 bits per heavy atom. The van der Waals surface area contributed by atoms with Crippen molar-refractivity contribution in [3.63, 3.8) is 0 Å². The molecular weight excluding hydrogens is 314 g/mol. The van der Waals surface area contributed by atoms with Gasteiger partial charge in [0, 0.05) is 36.7 Å². The van der Waals surface area contributed by atoms with Gasteiger partial charge in [0.05, 0.1) is 19.4 Å². The van der Waals surface area contributed by atoms with Crippen LogP contribution in [0.3, 0.4) is 0 Å². The number of ether oxygens (including phenoxy) is 2. The second kappa shape index (κ2) is 7.40. The smallest absolute Gasteiger partial charge is 0.126 e. The van der Waals surface area contributed by atoms with E-state index in [2.05, 4.69) is 27.2 Å². The zero-order valence-electron chi connectivity index (χ0n) is 14.7. The van der Waals surface area contributed by atoms with Crippen molar-refractivity contribution in [1.29, 1.82) is 0 Å². The number of hydrogen-bond acceptors (Lipinski definition) is 5. The van der Waals surface area contributed by atoms with Crippen molar-refractivity contribution < 1.29 is 9.47 Å². The molecule has 1 fully saturated rings. The SMILES string of the molecule is COc1cccc2c1[C@@H]1CN(CCCCc3cccnn3)C[C@@H]1CO2. The lowest BCUT2D eigenvalue weighted by Gasteiger charge is -2.29. The van der Waals surface area contributed by atoms with Gasteiger partial charge in [-0.2, -0.15) is 10.2 Å². The zero-order valence-corrected chi connectivity index (χ0v) is 14.7. The molecule has 4 rings (SSSR count). The summed E-state index contributed by atoms with van der Waals surface area (Å²) in [5, 5.41) is 8.10. The molecule has 2 aliphatic rings. The van der Waals surface area contributed by atoms with E-state index in [1.54, 1.807) is 13.3 Å². The molecule has 2 aromatic rings. The van der Waals surface area contributed by atoms with Crippen LogP contribution in [0.1, 0.15) is 30.0 Å². The Labute approximate surface area is 149 Å². The number of unbranched alkanes of at least 4 members (excludes halogenated alkanes) is 1. The first kappa shape index (κ1) is 16.3. The fourth-order valence-corrected chi connectivity index (χ4v) is 4.14. The largest absolute Gasteiger partial charge is 0.496 e. The molecule has 0 aliphatic carbocycles. The minimum Gasteiger partial charge on any atom is -0.496 e. The first-order chi connectivity index (χ1) is 12.3. The minimum absolute atomic E-state index is 0.528. The van der Waals surface area contributed by atoms with Crippen LogP contribution in [0.5, 0.6) is 11.5 Å². The fourth-order valence-electron chi connectivity index (χ4n) is 4.14. The van der Waals surface area contributed by atoms with Crippen molar-refractivity contribution in [3.8, 4) is 11.5 Å². The van der Waals surface area contributed by atoms with Gasteiger partial charge in [-0.05, 0) is 50.1 Å². The van der Waals surface area contributed by atoms with Crippen LogP contribution in [0, 0.1) is 5.92 Å². The molecule has 0 spiro atoms. The van der Waals surface area contributed by atoms with Crippen molar-refractivity contribution in [2.75, 3.05) is 33.4 Å². The fraction of sp³-hybridized carbons (Fsp3) is 0.500. The Balaban J connectivity index is 1.33.